The zero-order chi connectivity index (χ0) is 16.1. The molecule has 4 heteroatoms. The minimum Gasteiger partial charge on any atom is -0.340 e. The molecule has 1 amide bonds. The van der Waals surface area contributed by atoms with Crippen molar-refractivity contribution in [2.75, 3.05) is 26.2 Å². The van der Waals surface area contributed by atoms with E-state index in [1.54, 1.807) is 0 Å². The Balaban J connectivity index is 1.59. The van der Waals surface area contributed by atoms with Crippen molar-refractivity contribution in [3.63, 3.8) is 0 Å². The Morgan fingerprint density at radius 2 is 1.91 bits per heavy atom. The number of piperazine rings is 1. The summed E-state index contributed by atoms with van der Waals surface area (Å²) in [6.45, 7) is 6.62. The van der Waals surface area contributed by atoms with Crippen LogP contribution in [0.4, 0.5) is 0 Å². The van der Waals surface area contributed by atoms with E-state index in [9.17, 15) is 4.79 Å². The van der Waals surface area contributed by atoms with Crippen LogP contribution in [-0.4, -0.2) is 46.9 Å². The van der Waals surface area contributed by atoms with Gasteiger partial charge in [0.25, 0.3) is 0 Å². The van der Waals surface area contributed by atoms with Crippen LogP contribution in [0.3, 0.4) is 0 Å². The lowest BCUT2D eigenvalue weighted by atomic mass is 10.1. The fourth-order valence-corrected chi connectivity index (χ4v) is 3.18. The molecule has 2 heterocycles. The molecular weight excluding hydrogens is 286 g/mol. The predicted molar refractivity (Wildman–Crippen MR) is 93.1 cm³/mol. The first-order valence-electron chi connectivity index (χ1n) is 8.60. The Bertz CT molecular complexity index is 657. The Labute approximate surface area is 138 Å². The lowest BCUT2D eigenvalue weighted by Crippen LogP contribution is -2.48. The van der Waals surface area contributed by atoms with Gasteiger partial charge >= 0.3 is 0 Å². The Morgan fingerprint density at radius 3 is 2.70 bits per heavy atom. The molecule has 1 fully saturated rings. The first-order valence-corrected chi connectivity index (χ1v) is 8.60. The van der Waals surface area contributed by atoms with Crippen molar-refractivity contribution < 1.29 is 4.79 Å². The van der Waals surface area contributed by atoms with Crippen LogP contribution >= 0.6 is 0 Å². The van der Waals surface area contributed by atoms with Crippen molar-refractivity contribution in [2.24, 2.45) is 0 Å². The highest BCUT2D eigenvalue weighted by Crippen LogP contribution is 2.18. The van der Waals surface area contributed by atoms with Gasteiger partial charge in [-0.3, -0.25) is 14.7 Å². The standard InChI is InChI=1S/C19H25N3O/c1-2-3-9-18(23)22-13-11-21(12-14-22)15-17-7-4-6-16-8-5-10-20-19(16)17/h4-8,10H,2-3,9,11-15H2,1H3. The third-order valence-corrected chi connectivity index (χ3v) is 4.58. The molecule has 1 aromatic carbocycles. The molecular formula is C19H25N3O. The first kappa shape index (κ1) is 15.9. The number of fused-ring (bicyclic) bond motifs is 1. The largest absolute Gasteiger partial charge is 0.340 e. The van der Waals surface area contributed by atoms with Gasteiger partial charge < -0.3 is 4.90 Å². The average Bonchev–Trinajstić information content (AvgIpc) is 2.60. The molecule has 122 valence electrons. The van der Waals surface area contributed by atoms with E-state index in [1.165, 1.54) is 10.9 Å². The van der Waals surface area contributed by atoms with Crippen LogP contribution in [0.1, 0.15) is 31.7 Å². The minimum absolute atomic E-state index is 0.318. The van der Waals surface area contributed by atoms with Crippen LogP contribution in [0.25, 0.3) is 10.9 Å². The Hall–Kier alpha value is -1.94. The quantitative estimate of drug-likeness (QED) is 0.851. The normalized spacial score (nSPS) is 16.0. The fourth-order valence-electron chi connectivity index (χ4n) is 3.18. The highest BCUT2D eigenvalue weighted by Gasteiger charge is 2.21. The molecule has 23 heavy (non-hydrogen) atoms. The monoisotopic (exact) mass is 311 g/mol. The number of pyridine rings is 1. The van der Waals surface area contributed by atoms with E-state index in [1.807, 2.05) is 17.2 Å². The average molecular weight is 311 g/mol. The Morgan fingerprint density at radius 1 is 1.13 bits per heavy atom. The molecule has 1 aliphatic heterocycles. The van der Waals surface area contributed by atoms with Crippen molar-refractivity contribution in [3.8, 4) is 0 Å². The summed E-state index contributed by atoms with van der Waals surface area (Å²) in [5.41, 5.74) is 2.37. The lowest BCUT2D eigenvalue weighted by Gasteiger charge is -2.35. The number of amides is 1. The molecule has 1 aliphatic rings. The zero-order valence-electron chi connectivity index (χ0n) is 13.9. The molecule has 0 N–H and O–H groups in total. The topological polar surface area (TPSA) is 36.4 Å². The molecule has 1 saturated heterocycles. The molecule has 4 nitrogen and oxygen atoms in total. The number of hydrogen-bond acceptors (Lipinski definition) is 3. The second kappa shape index (κ2) is 7.55. The summed E-state index contributed by atoms with van der Waals surface area (Å²) < 4.78 is 0. The molecule has 1 aromatic heterocycles. The van der Waals surface area contributed by atoms with E-state index in [2.05, 4.69) is 41.1 Å². The van der Waals surface area contributed by atoms with Crippen molar-refractivity contribution >= 4 is 16.8 Å². The maximum Gasteiger partial charge on any atom is 0.222 e. The summed E-state index contributed by atoms with van der Waals surface area (Å²) in [7, 11) is 0. The van der Waals surface area contributed by atoms with Gasteiger partial charge in [-0.25, -0.2) is 0 Å². The van der Waals surface area contributed by atoms with Crippen molar-refractivity contribution in [1.29, 1.82) is 0 Å². The highest BCUT2D eigenvalue weighted by atomic mass is 16.2. The summed E-state index contributed by atoms with van der Waals surface area (Å²) >= 11 is 0. The molecule has 3 rings (SSSR count). The molecule has 0 bridgehead atoms. The summed E-state index contributed by atoms with van der Waals surface area (Å²) in [6.07, 6.45) is 4.64. The number of para-hydroxylation sites is 1. The van der Waals surface area contributed by atoms with Gasteiger partial charge in [-0.1, -0.05) is 37.6 Å². The Kier molecular flexibility index (Phi) is 5.23. The van der Waals surface area contributed by atoms with Crippen LogP contribution in [0.2, 0.25) is 0 Å². The van der Waals surface area contributed by atoms with Gasteiger partial charge in [-0.2, -0.15) is 0 Å². The van der Waals surface area contributed by atoms with Crippen LogP contribution in [0.15, 0.2) is 36.5 Å². The molecule has 0 saturated carbocycles. The van der Waals surface area contributed by atoms with E-state index >= 15 is 0 Å². The van der Waals surface area contributed by atoms with Crippen LogP contribution < -0.4 is 0 Å². The lowest BCUT2D eigenvalue weighted by molar-refractivity contribution is -0.133. The number of unbranched alkanes of at least 4 members (excludes halogenated alkanes) is 1. The molecule has 0 unspecified atom stereocenters. The van der Waals surface area contributed by atoms with Gasteiger partial charge in [-0.15, -0.1) is 0 Å². The zero-order valence-corrected chi connectivity index (χ0v) is 13.9. The summed E-state index contributed by atoms with van der Waals surface area (Å²) in [6, 6.07) is 10.5. The van der Waals surface area contributed by atoms with Gasteiger partial charge in [0.05, 0.1) is 5.52 Å². The maximum atomic E-state index is 12.1. The summed E-state index contributed by atoms with van der Waals surface area (Å²) in [4.78, 5) is 21.1. The second-order valence-electron chi connectivity index (χ2n) is 6.25. The number of hydrogen-bond donors (Lipinski definition) is 0. The number of aromatic nitrogens is 1. The van der Waals surface area contributed by atoms with Gasteiger partial charge in [-0.05, 0) is 18.1 Å². The highest BCUT2D eigenvalue weighted by molar-refractivity contribution is 5.81. The third kappa shape index (κ3) is 3.88. The third-order valence-electron chi connectivity index (χ3n) is 4.58. The van der Waals surface area contributed by atoms with Crippen molar-refractivity contribution in [1.82, 2.24) is 14.8 Å². The SMILES string of the molecule is CCCCC(=O)N1CCN(Cc2cccc3cccnc23)CC1. The van der Waals surface area contributed by atoms with E-state index in [4.69, 9.17) is 0 Å². The summed E-state index contributed by atoms with van der Waals surface area (Å²) in [5, 5.41) is 1.19. The van der Waals surface area contributed by atoms with Gasteiger partial charge in [0.1, 0.15) is 0 Å². The smallest absolute Gasteiger partial charge is 0.222 e. The first-order chi connectivity index (χ1) is 11.3. The molecule has 0 aliphatic carbocycles. The van der Waals surface area contributed by atoms with Crippen LogP contribution in [-0.2, 0) is 11.3 Å². The number of rotatable bonds is 5. The van der Waals surface area contributed by atoms with Gasteiger partial charge in [0, 0.05) is 50.7 Å². The molecule has 0 atom stereocenters. The predicted octanol–water partition coefficient (Wildman–Crippen LogP) is 3.07. The van der Waals surface area contributed by atoms with E-state index in [0.29, 0.717) is 12.3 Å². The molecule has 0 radical (unpaired) electrons. The van der Waals surface area contributed by atoms with Crippen molar-refractivity contribution in [2.45, 2.75) is 32.7 Å². The van der Waals surface area contributed by atoms with E-state index in [-0.39, 0.29) is 0 Å². The van der Waals surface area contributed by atoms with Crippen LogP contribution in [0.5, 0.6) is 0 Å². The van der Waals surface area contributed by atoms with E-state index in [0.717, 1.165) is 51.1 Å². The number of benzene rings is 1. The number of nitrogens with zero attached hydrogens (tertiary/aromatic N) is 3. The molecule has 0 spiro atoms. The van der Waals surface area contributed by atoms with Crippen LogP contribution in [0, 0.1) is 0 Å². The fraction of sp³-hybridized carbons (Fsp3) is 0.474. The number of carbonyl (C=O) groups excluding carboxylic acids is 1. The maximum absolute atomic E-state index is 12.1. The summed E-state index contributed by atoms with van der Waals surface area (Å²) in [5.74, 6) is 0.318. The van der Waals surface area contributed by atoms with Gasteiger partial charge in [0.2, 0.25) is 5.91 Å². The number of carbonyl (C=O) groups is 1. The molecule has 2 aromatic rings. The second-order valence-corrected chi connectivity index (χ2v) is 6.25. The minimum atomic E-state index is 0.318. The van der Waals surface area contributed by atoms with E-state index < -0.39 is 0 Å². The van der Waals surface area contributed by atoms with Crippen molar-refractivity contribution in [3.05, 3.63) is 42.1 Å². The van der Waals surface area contributed by atoms with Gasteiger partial charge in [0.15, 0.2) is 0 Å².